The van der Waals surface area contributed by atoms with Crippen LogP contribution in [0.15, 0.2) is 66.3 Å². The number of anilines is 2. The average Bonchev–Trinajstić information content (AvgIpc) is 3.38. The molecule has 0 spiro atoms. The van der Waals surface area contributed by atoms with E-state index in [9.17, 15) is 4.79 Å². The summed E-state index contributed by atoms with van der Waals surface area (Å²) in [5.74, 6) is 1.79. The summed E-state index contributed by atoms with van der Waals surface area (Å²) < 4.78 is 0. The van der Waals surface area contributed by atoms with Gasteiger partial charge in [0.1, 0.15) is 10.5 Å². The van der Waals surface area contributed by atoms with E-state index in [2.05, 4.69) is 32.7 Å². The van der Waals surface area contributed by atoms with Crippen LogP contribution in [0.1, 0.15) is 15.2 Å². The number of nitrogens with zero attached hydrogens (tertiary/aromatic N) is 1. The number of nitrogens with one attached hydrogen (secondary N) is 3. The predicted molar refractivity (Wildman–Crippen MR) is 119 cm³/mol. The maximum atomic E-state index is 12.6. The summed E-state index contributed by atoms with van der Waals surface area (Å²) in [6, 6.07) is 16.2. The van der Waals surface area contributed by atoms with Gasteiger partial charge < -0.3 is 15.6 Å². The Morgan fingerprint density at radius 2 is 2.00 bits per heavy atom. The van der Waals surface area contributed by atoms with Gasteiger partial charge in [-0.1, -0.05) is 30.3 Å². The number of hydrogen-bond donors (Lipinski definition) is 3. The number of H-pyrrole nitrogens is 1. The quantitative estimate of drug-likeness (QED) is 0.358. The highest BCUT2D eigenvalue weighted by atomic mass is 32.2. The number of thioether (sulfide) groups is 1. The van der Waals surface area contributed by atoms with E-state index in [1.807, 2.05) is 59.7 Å². The molecule has 0 fully saturated rings. The lowest BCUT2D eigenvalue weighted by molar-refractivity contribution is 0.0961. The highest BCUT2D eigenvalue weighted by Crippen LogP contribution is 2.29. The van der Waals surface area contributed by atoms with E-state index in [1.165, 1.54) is 16.9 Å². The number of pyridine rings is 1. The Balaban J connectivity index is 1.32. The topological polar surface area (TPSA) is 69.8 Å². The molecule has 1 amide bonds. The van der Waals surface area contributed by atoms with E-state index >= 15 is 0 Å². The smallest absolute Gasteiger partial charge is 0.263 e. The van der Waals surface area contributed by atoms with Crippen LogP contribution in [0.2, 0.25) is 0 Å². The van der Waals surface area contributed by atoms with Crippen molar-refractivity contribution < 1.29 is 4.79 Å². The lowest BCUT2D eigenvalue weighted by Crippen LogP contribution is -2.25. The Hall–Kier alpha value is -2.77. The lowest BCUT2D eigenvalue weighted by atomic mass is 10.2. The van der Waals surface area contributed by atoms with Crippen LogP contribution in [0, 0.1) is 0 Å². The molecule has 3 N–H and O–H groups in total. The SMILES string of the molecule is O=C(NCCSCc1ccccc1)c1sccc1Nc1ccnc2[nH]ccc12. The zero-order valence-electron chi connectivity index (χ0n) is 15.1. The Morgan fingerprint density at radius 3 is 2.89 bits per heavy atom. The summed E-state index contributed by atoms with van der Waals surface area (Å²) in [6.07, 6.45) is 3.61. The Kier molecular flexibility index (Phi) is 5.94. The second-order valence-corrected chi connectivity index (χ2v) is 8.20. The standard InChI is InChI=1S/C21H20N4OS2/c26-21(24-11-13-27-14-15-4-2-1-3-5-15)19-18(8-12-28-19)25-17-7-10-23-20-16(17)6-9-22-20/h1-10,12H,11,13-14H2,(H,24,26)(H2,22,23,25). The molecular formula is C21H20N4OS2. The van der Waals surface area contributed by atoms with Gasteiger partial charge in [-0.05, 0) is 29.1 Å². The third kappa shape index (κ3) is 4.37. The van der Waals surface area contributed by atoms with Crippen molar-refractivity contribution >= 4 is 51.4 Å². The lowest BCUT2D eigenvalue weighted by Gasteiger charge is -2.09. The van der Waals surface area contributed by atoms with Crippen molar-refractivity contribution in [1.82, 2.24) is 15.3 Å². The minimum Gasteiger partial charge on any atom is -0.354 e. The van der Waals surface area contributed by atoms with Gasteiger partial charge >= 0.3 is 0 Å². The van der Waals surface area contributed by atoms with Crippen LogP contribution in [0.5, 0.6) is 0 Å². The second kappa shape index (κ2) is 8.95. The fourth-order valence-electron chi connectivity index (χ4n) is 2.88. The molecule has 0 atom stereocenters. The van der Waals surface area contributed by atoms with Crippen LogP contribution in [-0.4, -0.2) is 28.2 Å². The van der Waals surface area contributed by atoms with Gasteiger partial charge in [0, 0.05) is 35.8 Å². The highest BCUT2D eigenvalue weighted by molar-refractivity contribution is 7.98. The average molecular weight is 409 g/mol. The van der Waals surface area contributed by atoms with Crippen molar-refractivity contribution in [3.05, 3.63) is 76.7 Å². The summed E-state index contributed by atoms with van der Waals surface area (Å²) in [4.78, 5) is 20.7. The maximum Gasteiger partial charge on any atom is 0.263 e. The molecule has 4 rings (SSSR count). The molecule has 3 aromatic heterocycles. The number of benzene rings is 1. The molecular weight excluding hydrogens is 388 g/mol. The first kappa shape index (κ1) is 18.6. The fraction of sp³-hybridized carbons (Fsp3) is 0.143. The van der Waals surface area contributed by atoms with Crippen molar-refractivity contribution in [3.8, 4) is 0 Å². The van der Waals surface area contributed by atoms with Gasteiger partial charge in [-0.25, -0.2) is 4.98 Å². The second-order valence-electron chi connectivity index (χ2n) is 6.18. The van der Waals surface area contributed by atoms with Crippen molar-refractivity contribution in [2.45, 2.75) is 5.75 Å². The normalized spacial score (nSPS) is 10.9. The Labute approximate surface area is 171 Å². The summed E-state index contributed by atoms with van der Waals surface area (Å²) in [5, 5.41) is 9.32. The van der Waals surface area contributed by atoms with Crippen LogP contribution >= 0.6 is 23.1 Å². The number of fused-ring (bicyclic) bond motifs is 1. The molecule has 0 aliphatic carbocycles. The zero-order valence-corrected chi connectivity index (χ0v) is 16.8. The van der Waals surface area contributed by atoms with Crippen molar-refractivity contribution in [2.75, 3.05) is 17.6 Å². The molecule has 5 nitrogen and oxygen atoms in total. The molecule has 0 unspecified atom stereocenters. The van der Waals surface area contributed by atoms with Crippen LogP contribution in [0.3, 0.4) is 0 Å². The van der Waals surface area contributed by atoms with E-state index in [0.717, 1.165) is 33.9 Å². The van der Waals surface area contributed by atoms with Crippen LogP contribution in [0.25, 0.3) is 11.0 Å². The Morgan fingerprint density at radius 1 is 1.11 bits per heavy atom. The van der Waals surface area contributed by atoms with Crippen LogP contribution in [0.4, 0.5) is 11.4 Å². The number of hydrogen-bond acceptors (Lipinski definition) is 5. The predicted octanol–water partition coefficient (Wildman–Crippen LogP) is 5.03. The van der Waals surface area contributed by atoms with Gasteiger partial charge in [0.2, 0.25) is 0 Å². The Bertz CT molecular complexity index is 1060. The molecule has 0 aliphatic heterocycles. The number of aromatic nitrogens is 2. The molecule has 0 bridgehead atoms. The first-order valence-electron chi connectivity index (χ1n) is 8.98. The molecule has 0 aliphatic rings. The van der Waals surface area contributed by atoms with Gasteiger partial charge in [0.25, 0.3) is 5.91 Å². The van der Waals surface area contributed by atoms with Crippen molar-refractivity contribution in [1.29, 1.82) is 0 Å². The number of aromatic amines is 1. The van der Waals surface area contributed by atoms with Crippen LogP contribution < -0.4 is 10.6 Å². The molecule has 7 heteroatoms. The van der Waals surface area contributed by atoms with Gasteiger partial charge in [-0.3, -0.25) is 4.79 Å². The van der Waals surface area contributed by atoms with E-state index in [-0.39, 0.29) is 5.91 Å². The van der Waals surface area contributed by atoms with E-state index in [0.29, 0.717) is 11.4 Å². The summed E-state index contributed by atoms with van der Waals surface area (Å²) in [6.45, 7) is 0.644. The van der Waals surface area contributed by atoms with Gasteiger partial charge in [0.15, 0.2) is 0 Å². The van der Waals surface area contributed by atoms with E-state index < -0.39 is 0 Å². The largest absolute Gasteiger partial charge is 0.354 e. The zero-order chi connectivity index (χ0) is 19.2. The first-order valence-corrected chi connectivity index (χ1v) is 11.0. The summed E-state index contributed by atoms with van der Waals surface area (Å²) >= 11 is 3.26. The molecule has 0 saturated heterocycles. The first-order chi connectivity index (χ1) is 13.8. The van der Waals surface area contributed by atoms with E-state index in [1.54, 1.807) is 6.20 Å². The van der Waals surface area contributed by atoms with Crippen molar-refractivity contribution in [2.24, 2.45) is 0 Å². The number of carbonyl (C=O) groups is 1. The molecule has 3 heterocycles. The molecule has 28 heavy (non-hydrogen) atoms. The highest BCUT2D eigenvalue weighted by Gasteiger charge is 2.14. The third-order valence-corrected chi connectivity index (χ3v) is 6.19. The number of rotatable bonds is 8. The number of amides is 1. The van der Waals surface area contributed by atoms with E-state index in [4.69, 9.17) is 0 Å². The van der Waals surface area contributed by atoms with Crippen molar-refractivity contribution in [3.63, 3.8) is 0 Å². The molecule has 1 aromatic carbocycles. The molecule has 4 aromatic rings. The van der Waals surface area contributed by atoms with Crippen LogP contribution in [-0.2, 0) is 5.75 Å². The maximum absolute atomic E-state index is 12.6. The molecule has 142 valence electrons. The number of thiophene rings is 1. The molecule has 0 radical (unpaired) electrons. The number of carbonyl (C=O) groups excluding carboxylic acids is 1. The van der Waals surface area contributed by atoms with Gasteiger partial charge in [-0.2, -0.15) is 11.8 Å². The monoisotopic (exact) mass is 408 g/mol. The molecule has 0 saturated carbocycles. The summed E-state index contributed by atoms with van der Waals surface area (Å²) in [5.41, 5.74) is 3.86. The van der Waals surface area contributed by atoms with Gasteiger partial charge in [-0.15, -0.1) is 11.3 Å². The fourth-order valence-corrected chi connectivity index (χ4v) is 4.46. The van der Waals surface area contributed by atoms with Gasteiger partial charge in [0.05, 0.1) is 11.4 Å². The minimum absolute atomic E-state index is 0.0443. The summed E-state index contributed by atoms with van der Waals surface area (Å²) in [7, 11) is 0. The third-order valence-electron chi connectivity index (χ3n) is 4.24. The minimum atomic E-state index is -0.0443.